The number of hydrogen-bond acceptors (Lipinski definition) is 6. The molecular weight excluding hydrogens is 453 g/mol. The molecule has 4 rings (SSSR count). The van der Waals surface area contributed by atoms with Crippen molar-refractivity contribution in [2.75, 3.05) is 38.1 Å². The Morgan fingerprint density at radius 3 is 2.50 bits per heavy atom. The minimum atomic E-state index is -0.165. The number of tetrazole rings is 1. The van der Waals surface area contributed by atoms with Gasteiger partial charge in [0.05, 0.1) is 28.9 Å². The van der Waals surface area contributed by atoms with Crippen LogP contribution in [0.15, 0.2) is 42.5 Å². The first-order chi connectivity index (χ1) is 15.5. The average molecular weight is 476 g/mol. The Balaban J connectivity index is 1.32. The SMILES string of the molecule is CCOc1ccc(-n2nnnc2CN2CCN(C(=O)Nc3ccc(Cl)c(Cl)c3)CC2)cc1. The summed E-state index contributed by atoms with van der Waals surface area (Å²) in [5, 5.41) is 15.9. The van der Waals surface area contributed by atoms with Crippen LogP contribution < -0.4 is 10.1 Å². The Morgan fingerprint density at radius 1 is 1.06 bits per heavy atom. The predicted octanol–water partition coefficient (Wildman–Crippen LogP) is 3.72. The van der Waals surface area contributed by atoms with Crippen molar-refractivity contribution in [2.45, 2.75) is 13.5 Å². The van der Waals surface area contributed by atoms with Crippen molar-refractivity contribution in [3.05, 3.63) is 58.3 Å². The molecule has 2 amide bonds. The highest BCUT2D eigenvalue weighted by molar-refractivity contribution is 6.42. The highest BCUT2D eigenvalue weighted by Gasteiger charge is 2.23. The summed E-state index contributed by atoms with van der Waals surface area (Å²) in [5.41, 5.74) is 1.48. The van der Waals surface area contributed by atoms with Gasteiger partial charge in [-0.3, -0.25) is 4.90 Å². The van der Waals surface area contributed by atoms with E-state index in [4.69, 9.17) is 27.9 Å². The number of rotatable bonds is 6. The van der Waals surface area contributed by atoms with Gasteiger partial charge < -0.3 is 15.0 Å². The first-order valence-corrected chi connectivity index (χ1v) is 11.0. The number of carbonyl (C=O) groups excluding carboxylic acids is 1. The van der Waals surface area contributed by atoms with Crippen LogP contribution >= 0.6 is 23.2 Å². The van der Waals surface area contributed by atoms with Crippen LogP contribution in [0.3, 0.4) is 0 Å². The van der Waals surface area contributed by atoms with E-state index in [2.05, 4.69) is 25.7 Å². The van der Waals surface area contributed by atoms with Gasteiger partial charge in [0.15, 0.2) is 5.82 Å². The molecule has 2 heterocycles. The van der Waals surface area contributed by atoms with Crippen molar-refractivity contribution in [1.82, 2.24) is 30.0 Å². The minimum absolute atomic E-state index is 0.165. The molecule has 0 radical (unpaired) electrons. The monoisotopic (exact) mass is 475 g/mol. The van der Waals surface area contributed by atoms with Crippen molar-refractivity contribution in [3.8, 4) is 11.4 Å². The molecule has 1 aromatic heterocycles. The second-order valence-corrected chi connectivity index (χ2v) is 8.07. The molecule has 0 atom stereocenters. The molecule has 11 heteroatoms. The van der Waals surface area contributed by atoms with Crippen molar-refractivity contribution in [2.24, 2.45) is 0 Å². The predicted molar refractivity (Wildman–Crippen MR) is 123 cm³/mol. The van der Waals surface area contributed by atoms with E-state index < -0.39 is 0 Å². The smallest absolute Gasteiger partial charge is 0.321 e. The van der Waals surface area contributed by atoms with E-state index in [-0.39, 0.29) is 6.03 Å². The zero-order valence-electron chi connectivity index (χ0n) is 17.5. The maximum absolute atomic E-state index is 12.6. The third kappa shape index (κ3) is 5.29. The quantitative estimate of drug-likeness (QED) is 0.584. The number of hydrogen-bond donors (Lipinski definition) is 1. The van der Waals surface area contributed by atoms with Crippen molar-refractivity contribution in [1.29, 1.82) is 0 Å². The van der Waals surface area contributed by atoms with Crippen LogP contribution in [0.2, 0.25) is 10.0 Å². The van der Waals surface area contributed by atoms with Gasteiger partial charge in [0.1, 0.15) is 5.75 Å². The van der Waals surface area contributed by atoms with E-state index in [1.807, 2.05) is 31.2 Å². The Hall–Kier alpha value is -2.88. The first kappa shape index (κ1) is 22.3. The highest BCUT2D eigenvalue weighted by atomic mass is 35.5. The maximum Gasteiger partial charge on any atom is 0.321 e. The Kier molecular flexibility index (Phi) is 7.09. The van der Waals surface area contributed by atoms with Crippen molar-refractivity contribution >= 4 is 34.9 Å². The first-order valence-electron chi connectivity index (χ1n) is 10.3. The Labute approximate surface area is 195 Å². The molecule has 9 nitrogen and oxygen atoms in total. The normalized spacial score (nSPS) is 14.4. The van der Waals surface area contributed by atoms with E-state index >= 15 is 0 Å². The number of nitrogens with zero attached hydrogens (tertiary/aromatic N) is 6. The maximum atomic E-state index is 12.6. The number of aromatic nitrogens is 4. The number of amides is 2. The summed E-state index contributed by atoms with van der Waals surface area (Å²) in [7, 11) is 0. The number of piperazine rings is 1. The molecule has 1 aliphatic heterocycles. The molecule has 32 heavy (non-hydrogen) atoms. The highest BCUT2D eigenvalue weighted by Crippen LogP contribution is 2.25. The van der Waals surface area contributed by atoms with E-state index in [0.29, 0.717) is 55.1 Å². The molecule has 0 spiro atoms. The molecule has 1 N–H and O–H groups in total. The van der Waals surface area contributed by atoms with Crippen molar-refractivity contribution < 1.29 is 9.53 Å². The largest absolute Gasteiger partial charge is 0.494 e. The number of ether oxygens (including phenoxy) is 1. The Bertz CT molecular complexity index is 1070. The second-order valence-electron chi connectivity index (χ2n) is 7.26. The summed E-state index contributed by atoms with van der Waals surface area (Å²) in [6, 6.07) is 12.5. The molecule has 2 aromatic carbocycles. The Morgan fingerprint density at radius 2 is 1.81 bits per heavy atom. The van der Waals surface area contributed by atoms with E-state index in [1.165, 1.54) is 0 Å². The zero-order chi connectivity index (χ0) is 22.5. The topological polar surface area (TPSA) is 88.4 Å². The van der Waals surface area contributed by atoms with Crippen LogP contribution in [-0.2, 0) is 6.54 Å². The van der Waals surface area contributed by atoms with Gasteiger partial charge in [-0.2, -0.15) is 4.68 Å². The lowest BCUT2D eigenvalue weighted by Crippen LogP contribution is -2.49. The molecule has 1 fully saturated rings. The van der Waals surface area contributed by atoms with Crippen LogP contribution in [0.4, 0.5) is 10.5 Å². The molecule has 0 unspecified atom stereocenters. The summed E-state index contributed by atoms with van der Waals surface area (Å²) in [6.45, 7) is 5.77. The van der Waals surface area contributed by atoms with Crippen LogP contribution in [0, 0.1) is 0 Å². The summed E-state index contributed by atoms with van der Waals surface area (Å²) < 4.78 is 7.21. The van der Waals surface area contributed by atoms with Crippen LogP contribution in [0.1, 0.15) is 12.7 Å². The number of nitrogens with one attached hydrogen (secondary N) is 1. The fourth-order valence-corrected chi connectivity index (χ4v) is 3.74. The standard InChI is InChI=1S/C21H23Cl2N7O2/c1-2-32-17-6-4-16(5-7-17)30-20(25-26-27-30)14-28-9-11-29(12-10-28)21(31)24-15-3-8-18(22)19(23)13-15/h3-8,13H,2,9-12,14H2,1H3,(H,24,31). The average Bonchev–Trinajstić information content (AvgIpc) is 3.25. The molecule has 0 saturated carbocycles. The number of anilines is 1. The molecular formula is C21H23Cl2N7O2. The zero-order valence-corrected chi connectivity index (χ0v) is 19.1. The number of benzene rings is 2. The fraction of sp³-hybridized carbons (Fsp3) is 0.333. The van der Waals surface area contributed by atoms with E-state index in [0.717, 1.165) is 17.3 Å². The summed E-state index contributed by atoms with van der Waals surface area (Å²) in [4.78, 5) is 16.6. The van der Waals surface area contributed by atoms with Crippen LogP contribution in [-0.4, -0.2) is 68.8 Å². The van der Waals surface area contributed by atoms with Crippen LogP contribution in [0.25, 0.3) is 5.69 Å². The lowest BCUT2D eigenvalue weighted by molar-refractivity contribution is 0.140. The number of halogens is 2. The second kappa shape index (κ2) is 10.2. The molecule has 1 aliphatic rings. The molecule has 0 aliphatic carbocycles. The molecule has 0 bridgehead atoms. The summed E-state index contributed by atoms with van der Waals surface area (Å²) in [6.07, 6.45) is 0. The van der Waals surface area contributed by atoms with E-state index in [9.17, 15) is 4.79 Å². The number of carbonyl (C=O) groups is 1. The molecule has 168 valence electrons. The minimum Gasteiger partial charge on any atom is -0.494 e. The van der Waals surface area contributed by atoms with Crippen LogP contribution in [0.5, 0.6) is 5.75 Å². The number of urea groups is 1. The van der Waals surface area contributed by atoms with Gasteiger partial charge in [0.25, 0.3) is 0 Å². The van der Waals surface area contributed by atoms with Crippen molar-refractivity contribution in [3.63, 3.8) is 0 Å². The van der Waals surface area contributed by atoms with Gasteiger partial charge in [-0.05, 0) is 59.8 Å². The summed E-state index contributed by atoms with van der Waals surface area (Å²) >= 11 is 11.9. The van der Waals surface area contributed by atoms with Gasteiger partial charge in [-0.15, -0.1) is 5.10 Å². The third-order valence-electron chi connectivity index (χ3n) is 5.12. The summed E-state index contributed by atoms with van der Waals surface area (Å²) in [5.74, 6) is 1.55. The van der Waals surface area contributed by atoms with Gasteiger partial charge in [-0.25, -0.2) is 4.79 Å². The molecule has 1 saturated heterocycles. The lowest BCUT2D eigenvalue weighted by atomic mass is 10.3. The lowest BCUT2D eigenvalue weighted by Gasteiger charge is -2.34. The van der Waals surface area contributed by atoms with Gasteiger partial charge in [-0.1, -0.05) is 23.2 Å². The van der Waals surface area contributed by atoms with Gasteiger partial charge in [0.2, 0.25) is 0 Å². The third-order valence-corrected chi connectivity index (χ3v) is 5.86. The molecule has 3 aromatic rings. The van der Waals surface area contributed by atoms with E-state index in [1.54, 1.807) is 27.8 Å². The fourth-order valence-electron chi connectivity index (χ4n) is 3.44. The van der Waals surface area contributed by atoms with Gasteiger partial charge in [0, 0.05) is 31.9 Å². The van der Waals surface area contributed by atoms with Gasteiger partial charge >= 0.3 is 6.03 Å².